The molecule has 0 atom stereocenters. The number of nitrogens with one attached hydrogen (secondary N) is 1. The van der Waals surface area contributed by atoms with E-state index in [1.807, 2.05) is 47.4 Å². The highest BCUT2D eigenvalue weighted by Crippen LogP contribution is 2.36. The second kappa shape index (κ2) is 12.9. The maximum absolute atomic E-state index is 13.6. The van der Waals surface area contributed by atoms with E-state index in [0.29, 0.717) is 56.8 Å². The molecule has 0 aromatic heterocycles. The van der Waals surface area contributed by atoms with Crippen LogP contribution in [0.1, 0.15) is 48.4 Å². The fourth-order valence-electron chi connectivity index (χ4n) is 5.16. The Morgan fingerprint density at radius 1 is 0.811 bits per heavy atom. The van der Waals surface area contributed by atoms with Gasteiger partial charge in [0.15, 0.2) is 0 Å². The molecule has 1 fully saturated rings. The zero-order valence-electron chi connectivity index (χ0n) is 21.7. The van der Waals surface area contributed by atoms with Crippen molar-refractivity contribution in [1.29, 1.82) is 0 Å². The van der Waals surface area contributed by atoms with Crippen LogP contribution in [0.2, 0.25) is 5.02 Å². The highest BCUT2D eigenvalue weighted by atomic mass is 35.5. The lowest BCUT2D eigenvalue weighted by Gasteiger charge is -2.41. The molecule has 0 bridgehead atoms. The van der Waals surface area contributed by atoms with Crippen LogP contribution in [-0.2, 0) is 35.3 Å². The molecular formula is C32H37ClN2O2. The minimum Gasteiger partial charge on any atom is -0.355 e. The Kier molecular flexibility index (Phi) is 9.40. The number of amides is 2. The van der Waals surface area contributed by atoms with Gasteiger partial charge in [0.1, 0.15) is 0 Å². The van der Waals surface area contributed by atoms with Gasteiger partial charge in [0.05, 0.1) is 5.41 Å². The number of halogens is 1. The monoisotopic (exact) mass is 516 g/mol. The van der Waals surface area contributed by atoms with Gasteiger partial charge in [-0.2, -0.15) is 0 Å². The van der Waals surface area contributed by atoms with Crippen LogP contribution in [0.15, 0.2) is 78.9 Å². The van der Waals surface area contributed by atoms with Gasteiger partial charge in [-0.1, -0.05) is 85.3 Å². The summed E-state index contributed by atoms with van der Waals surface area (Å²) in [5.74, 6) is 0.258. The zero-order valence-corrected chi connectivity index (χ0v) is 22.5. The average Bonchev–Trinajstić information content (AvgIpc) is 2.94. The van der Waals surface area contributed by atoms with E-state index in [0.717, 1.165) is 24.0 Å². The molecule has 37 heavy (non-hydrogen) atoms. The molecule has 3 aromatic rings. The topological polar surface area (TPSA) is 49.4 Å². The van der Waals surface area contributed by atoms with Crippen LogP contribution >= 0.6 is 11.6 Å². The van der Waals surface area contributed by atoms with Crippen molar-refractivity contribution in [3.63, 3.8) is 0 Å². The summed E-state index contributed by atoms with van der Waals surface area (Å²) in [4.78, 5) is 28.5. The molecule has 0 radical (unpaired) electrons. The highest BCUT2D eigenvalue weighted by molar-refractivity contribution is 6.30. The fourth-order valence-corrected chi connectivity index (χ4v) is 5.29. The summed E-state index contributed by atoms with van der Waals surface area (Å²) in [7, 11) is 0. The van der Waals surface area contributed by atoms with Gasteiger partial charge >= 0.3 is 0 Å². The Labute approximate surface area is 226 Å². The summed E-state index contributed by atoms with van der Waals surface area (Å²) in [6.45, 7) is 3.99. The van der Waals surface area contributed by atoms with E-state index in [1.165, 1.54) is 11.1 Å². The lowest BCUT2D eigenvalue weighted by molar-refractivity contribution is -0.140. The van der Waals surface area contributed by atoms with Crippen LogP contribution in [-0.4, -0.2) is 36.3 Å². The second-order valence-electron chi connectivity index (χ2n) is 10.1. The zero-order chi connectivity index (χ0) is 26.1. The number of carbonyl (C=O) groups is 2. The lowest BCUT2D eigenvalue weighted by atomic mass is 9.72. The summed E-state index contributed by atoms with van der Waals surface area (Å²) in [5, 5.41) is 3.93. The maximum atomic E-state index is 13.6. The second-order valence-corrected chi connectivity index (χ2v) is 10.6. The van der Waals surface area contributed by atoms with Crippen molar-refractivity contribution in [2.75, 3.05) is 19.6 Å². The van der Waals surface area contributed by atoms with Gasteiger partial charge in [-0.15, -0.1) is 0 Å². The molecule has 5 heteroatoms. The molecule has 1 saturated heterocycles. The Morgan fingerprint density at radius 2 is 1.41 bits per heavy atom. The summed E-state index contributed by atoms with van der Waals surface area (Å²) >= 11 is 5.97. The van der Waals surface area contributed by atoms with Crippen LogP contribution in [0.4, 0.5) is 0 Å². The predicted molar refractivity (Wildman–Crippen MR) is 151 cm³/mol. The van der Waals surface area contributed by atoms with Crippen molar-refractivity contribution < 1.29 is 9.59 Å². The van der Waals surface area contributed by atoms with Crippen molar-refractivity contribution in [2.24, 2.45) is 5.41 Å². The number of hydrogen-bond acceptors (Lipinski definition) is 2. The van der Waals surface area contributed by atoms with Crippen molar-refractivity contribution >= 4 is 23.4 Å². The van der Waals surface area contributed by atoms with Gasteiger partial charge in [-0.05, 0) is 72.9 Å². The van der Waals surface area contributed by atoms with Crippen molar-refractivity contribution in [2.45, 2.75) is 51.9 Å². The number of likely N-dealkylation sites (tertiary alicyclic amines) is 1. The largest absolute Gasteiger partial charge is 0.355 e. The molecule has 1 N–H and O–H groups in total. The van der Waals surface area contributed by atoms with Gasteiger partial charge in [0.2, 0.25) is 11.8 Å². The Balaban J connectivity index is 1.35. The maximum Gasteiger partial charge on any atom is 0.226 e. The van der Waals surface area contributed by atoms with Crippen LogP contribution in [0, 0.1) is 5.41 Å². The smallest absolute Gasteiger partial charge is 0.226 e. The number of benzene rings is 3. The van der Waals surface area contributed by atoms with E-state index in [2.05, 4.69) is 48.6 Å². The van der Waals surface area contributed by atoms with Gasteiger partial charge < -0.3 is 10.2 Å². The molecule has 0 spiro atoms. The summed E-state index contributed by atoms with van der Waals surface area (Å²) in [6.07, 6.45) is 5.04. The third-order valence-corrected chi connectivity index (χ3v) is 7.86. The van der Waals surface area contributed by atoms with Crippen molar-refractivity contribution in [1.82, 2.24) is 10.2 Å². The van der Waals surface area contributed by atoms with Crippen LogP contribution in [0.25, 0.3) is 0 Å². The first-order valence-electron chi connectivity index (χ1n) is 13.4. The Morgan fingerprint density at radius 3 is 2.05 bits per heavy atom. The molecule has 1 heterocycles. The SMILES string of the molecule is CCc1ccc(CCNC(=O)C2(Cc3ccccc3)CCN(C(=O)CCc3ccc(Cl)cc3)CC2)cc1. The molecule has 194 valence electrons. The normalized spacial score (nSPS) is 14.8. The minimum atomic E-state index is -0.500. The Hall–Kier alpha value is -3.11. The molecule has 0 saturated carbocycles. The highest BCUT2D eigenvalue weighted by Gasteiger charge is 2.42. The van der Waals surface area contributed by atoms with Crippen molar-refractivity contribution in [3.05, 3.63) is 106 Å². The summed E-state index contributed by atoms with van der Waals surface area (Å²) < 4.78 is 0. The number of nitrogens with zero attached hydrogens (tertiary/aromatic N) is 1. The van der Waals surface area contributed by atoms with Gasteiger partial charge in [-0.3, -0.25) is 9.59 Å². The number of piperidine rings is 1. The van der Waals surface area contributed by atoms with E-state index in [-0.39, 0.29) is 11.8 Å². The third-order valence-electron chi connectivity index (χ3n) is 7.61. The summed E-state index contributed by atoms with van der Waals surface area (Å²) in [5.41, 5.74) is 4.33. The van der Waals surface area contributed by atoms with Crippen LogP contribution in [0.5, 0.6) is 0 Å². The van der Waals surface area contributed by atoms with Crippen LogP contribution < -0.4 is 5.32 Å². The fraction of sp³-hybridized carbons (Fsp3) is 0.375. The predicted octanol–water partition coefficient (Wildman–Crippen LogP) is 6.05. The minimum absolute atomic E-state index is 0.106. The number of carbonyl (C=O) groups excluding carboxylic acids is 2. The van der Waals surface area contributed by atoms with E-state index >= 15 is 0 Å². The van der Waals surface area contributed by atoms with Gasteiger partial charge in [-0.25, -0.2) is 0 Å². The van der Waals surface area contributed by atoms with E-state index in [9.17, 15) is 9.59 Å². The average molecular weight is 517 g/mol. The number of rotatable bonds is 10. The molecule has 0 aliphatic carbocycles. The molecular weight excluding hydrogens is 480 g/mol. The lowest BCUT2D eigenvalue weighted by Crippen LogP contribution is -2.51. The molecule has 2 amide bonds. The van der Waals surface area contributed by atoms with E-state index < -0.39 is 5.41 Å². The van der Waals surface area contributed by atoms with Gasteiger partial charge in [0, 0.05) is 31.1 Å². The molecule has 1 aliphatic rings. The molecule has 0 unspecified atom stereocenters. The Bertz CT molecular complexity index is 1150. The van der Waals surface area contributed by atoms with Gasteiger partial charge in [0.25, 0.3) is 0 Å². The molecule has 1 aliphatic heterocycles. The number of hydrogen-bond donors (Lipinski definition) is 1. The first-order chi connectivity index (χ1) is 18.0. The third kappa shape index (κ3) is 7.45. The van der Waals surface area contributed by atoms with Crippen LogP contribution in [0.3, 0.4) is 0 Å². The molecule has 4 nitrogen and oxygen atoms in total. The standard InChI is InChI=1S/C32H37ClN2O2/c1-2-25-8-10-27(11-9-25)18-21-34-31(37)32(24-28-6-4-3-5-7-28)19-22-35(23-20-32)30(36)17-14-26-12-15-29(33)16-13-26/h3-13,15-16H,2,14,17-24H2,1H3,(H,34,37). The summed E-state index contributed by atoms with van der Waals surface area (Å²) in [6, 6.07) is 26.5. The van der Waals surface area contributed by atoms with E-state index in [4.69, 9.17) is 11.6 Å². The number of aryl methyl sites for hydroxylation is 2. The quantitative estimate of drug-likeness (QED) is 0.357. The van der Waals surface area contributed by atoms with E-state index in [1.54, 1.807) is 0 Å². The molecule has 3 aromatic carbocycles. The molecule has 4 rings (SSSR count). The van der Waals surface area contributed by atoms with Crippen molar-refractivity contribution in [3.8, 4) is 0 Å². The first-order valence-corrected chi connectivity index (χ1v) is 13.8. The first kappa shape index (κ1) is 26.9.